The van der Waals surface area contributed by atoms with Crippen molar-refractivity contribution < 1.29 is 4.79 Å². The molecule has 0 spiro atoms. The first-order chi connectivity index (χ1) is 15.1. The van der Waals surface area contributed by atoms with E-state index in [-0.39, 0.29) is 23.3 Å². The van der Waals surface area contributed by atoms with Crippen molar-refractivity contribution in [1.82, 2.24) is 25.0 Å². The van der Waals surface area contributed by atoms with E-state index in [0.717, 1.165) is 13.1 Å². The highest BCUT2D eigenvalue weighted by Crippen LogP contribution is 2.29. The number of amides is 1. The number of aromatic amines is 1. The zero-order valence-corrected chi connectivity index (χ0v) is 18.2. The summed E-state index contributed by atoms with van der Waals surface area (Å²) < 4.78 is 0. The van der Waals surface area contributed by atoms with Gasteiger partial charge in [-0.3, -0.25) is 19.5 Å². The predicted molar refractivity (Wildman–Crippen MR) is 121 cm³/mol. The minimum absolute atomic E-state index is 0.0452. The van der Waals surface area contributed by atoms with Crippen molar-refractivity contribution in [2.24, 2.45) is 0 Å². The van der Waals surface area contributed by atoms with Crippen LogP contribution in [-0.4, -0.2) is 62.8 Å². The number of H-pyrrole nitrogens is 1. The van der Waals surface area contributed by atoms with Crippen molar-refractivity contribution in [3.05, 3.63) is 87.8 Å². The third kappa shape index (κ3) is 5.21. The van der Waals surface area contributed by atoms with Gasteiger partial charge >= 0.3 is 0 Å². The van der Waals surface area contributed by atoms with E-state index in [9.17, 15) is 9.59 Å². The summed E-state index contributed by atoms with van der Waals surface area (Å²) in [5.74, 6) is 0.276. The molecule has 160 valence electrons. The number of aryl methyl sites for hydroxylation is 1. The van der Waals surface area contributed by atoms with Crippen molar-refractivity contribution in [3.8, 4) is 0 Å². The van der Waals surface area contributed by atoms with E-state index in [1.54, 1.807) is 6.92 Å². The van der Waals surface area contributed by atoms with Crippen LogP contribution in [0.15, 0.2) is 70.6 Å². The zero-order valence-electron chi connectivity index (χ0n) is 17.4. The second-order valence-electron chi connectivity index (χ2n) is 7.47. The molecule has 31 heavy (non-hydrogen) atoms. The molecule has 2 heterocycles. The fourth-order valence-electron chi connectivity index (χ4n) is 3.78. The molecule has 3 aromatic rings. The molecule has 1 saturated heterocycles. The summed E-state index contributed by atoms with van der Waals surface area (Å²) in [5.41, 5.74) is 2.56. The number of piperazine rings is 1. The Morgan fingerprint density at radius 2 is 1.55 bits per heavy atom. The van der Waals surface area contributed by atoms with Crippen LogP contribution in [0.3, 0.4) is 0 Å². The maximum atomic E-state index is 12.7. The van der Waals surface area contributed by atoms with Gasteiger partial charge in [-0.1, -0.05) is 72.4 Å². The number of rotatable bonds is 6. The van der Waals surface area contributed by atoms with Crippen LogP contribution >= 0.6 is 11.8 Å². The highest BCUT2D eigenvalue weighted by molar-refractivity contribution is 7.99. The third-order valence-corrected chi connectivity index (χ3v) is 6.28. The largest absolute Gasteiger partial charge is 0.339 e. The SMILES string of the molecule is Cc1nnc(SCC(=O)N2CCN(C(c3ccccc3)c3ccccc3)CC2)[nH]c1=O. The summed E-state index contributed by atoms with van der Waals surface area (Å²) in [4.78, 5) is 31.3. The zero-order chi connectivity index (χ0) is 21.6. The van der Waals surface area contributed by atoms with Gasteiger partial charge in [0.25, 0.3) is 5.56 Å². The number of benzene rings is 2. The summed E-state index contributed by atoms with van der Waals surface area (Å²) in [6.45, 7) is 4.54. The number of aromatic nitrogens is 3. The molecule has 0 radical (unpaired) electrons. The summed E-state index contributed by atoms with van der Waals surface area (Å²) in [5, 5.41) is 8.12. The molecule has 0 unspecified atom stereocenters. The Labute approximate surface area is 185 Å². The van der Waals surface area contributed by atoms with Crippen molar-refractivity contribution in [2.75, 3.05) is 31.9 Å². The van der Waals surface area contributed by atoms with Crippen LogP contribution in [0.5, 0.6) is 0 Å². The number of carbonyl (C=O) groups is 1. The molecule has 2 aromatic carbocycles. The summed E-state index contributed by atoms with van der Waals surface area (Å²) in [6, 6.07) is 21.2. The molecule has 7 nitrogen and oxygen atoms in total. The summed E-state index contributed by atoms with van der Waals surface area (Å²) in [7, 11) is 0. The van der Waals surface area contributed by atoms with E-state index in [4.69, 9.17) is 0 Å². The standard InChI is InChI=1S/C23H25N5O2S/c1-17-22(30)24-23(26-25-17)31-16-20(29)27-12-14-28(15-13-27)21(18-8-4-2-5-9-18)19-10-6-3-7-11-19/h2-11,21H,12-16H2,1H3,(H,24,26,30). The van der Waals surface area contributed by atoms with Crippen LogP contribution in [0.4, 0.5) is 0 Å². The van der Waals surface area contributed by atoms with Crippen LogP contribution < -0.4 is 5.56 Å². The molecule has 0 aliphatic carbocycles. The number of nitrogens with one attached hydrogen (secondary N) is 1. The summed E-state index contributed by atoms with van der Waals surface area (Å²) >= 11 is 1.21. The number of hydrogen-bond donors (Lipinski definition) is 1. The molecule has 8 heteroatoms. The van der Waals surface area contributed by atoms with E-state index >= 15 is 0 Å². The lowest BCUT2D eigenvalue weighted by atomic mass is 9.96. The lowest BCUT2D eigenvalue weighted by Crippen LogP contribution is -2.50. The normalized spacial score (nSPS) is 14.7. The van der Waals surface area contributed by atoms with E-state index in [1.807, 2.05) is 17.0 Å². The minimum atomic E-state index is -0.272. The maximum absolute atomic E-state index is 12.7. The van der Waals surface area contributed by atoms with Crippen molar-refractivity contribution in [1.29, 1.82) is 0 Å². The number of thioether (sulfide) groups is 1. The average Bonchev–Trinajstić information content (AvgIpc) is 2.82. The van der Waals surface area contributed by atoms with Gasteiger partial charge in [-0.05, 0) is 18.1 Å². The molecular formula is C23H25N5O2S. The fourth-order valence-corrected chi connectivity index (χ4v) is 4.49. The van der Waals surface area contributed by atoms with Crippen LogP contribution in [0.25, 0.3) is 0 Å². The van der Waals surface area contributed by atoms with E-state index < -0.39 is 0 Å². The molecular weight excluding hydrogens is 410 g/mol. The highest BCUT2D eigenvalue weighted by atomic mass is 32.2. The van der Waals surface area contributed by atoms with Gasteiger partial charge in [0, 0.05) is 26.2 Å². The molecule has 4 rings (SSSR count). The van der Waals surface area contributed by atoms with Crippen LogP contribution in [-0.2, 0) is 4.79 Å². The lowest BCUT2D eigenvalue weighted by molar-refractivity contribution is -0.130. The first kappa shape index (κ1) is 21.3. The molecule has 0 atom stereocenters. The van der Waals surface area contributed by atoms with Gasteiger partial charge in [0.1, 0.15) is 5.69 Å². The Bertz CT molecular complexity index is 1030. The fraction of sp³-hybridized carbons (Fsp3) is 0.304. The number of carbonyl (C=O) groups excluding carboxylic acids is 1. The van der Waals surface area contributed by atoms with Gasteiger partial charge in [0.15, 0.2) is 5.16 Å². The first-order valence-electron chi connectivity index (χ1n) is 10.3. The first-order valence-corrected chi connectivity index (χ1v) is 11.3. The maximum Gasteiger partial charge on any atom is 0.273 e. The molecule has 1 aromatic heterocycles. The predicted octanol–water partition coefficient (Wildman–Crippen LogP) is 2.50. The van der Waals surface area contributed by atoms with Gasteiger partial charge in [-0.2, -0.15) is 0 Å². The Kier molecular flexibility index (Phi) is 6.79. The Morgan fingerprint density at radius 1 is 0.968 bits per heavy atom. The van der Waals surface area contributed by atoms with Gasteiger partial charge in [0.05, 0.1) is 11.8 Å². The summed E-state index contributed by atoms with van der Waals surface area (Å²) in [6.07, 6.45) is 0. The molecule has 0 bridgehead atoms. The molecule has 1 amide bonds. The van der Waals surface area contributed by atoms with E-state index in [2.05, 4.69) is 68.6 Å². The quantitative estimate of drug-likeness (QED) is 0.599. The van der Waals surface area contributed by atoms with Crippen molar-refractivity contribution in [3.63, 3.8) is 0 Å². The third-order valence-electron chi connectivity index (χ3n) is 5.43. The van der Waals surface area contributed by atoms with Crippen LogP contribution in [0, 0.1) is 6.92 Å². The average molecular weight is 436 g/mol. The van der Waals surface area contributed by atoms with E-state index in [1.165, 1.54) is 22.9 Å². The van der Waals surface area contributed by atoms with Crippen molar-refractivity contribution in [2.45, 2.75) is 18.1 Å². The Morgan fingerprint density at radius 3 is 2.10 bits per heavy atom. The molecule has 1 aliphatic rings. The second kappa shape index (κ2) is 9.89. The Balaban J connectivity index is 1.39. The van der Waals surface area contributed by atoms with Gasteiger partial charge in [-0.15, -0.1) is 10.2 Å². The molecule has 1 N–H and O–H groups in total. The van der Waals surface area contributed by atoms with Crippen LogP contribution in [0.1, 0.15) is 22.9 Å². The molecule has 1 aliphatic heterocycles. The second-order valence-corrected chi connectivity index (χ2v) is 8.44. The Hall–Kier alpha value is -2.97. The number of nitrogens with zero attached hydrogens (tertiary/aromatic N) is 4. The lowest BCUT2D eigenvalue weighted by Gasteiger charge is -2.39. The smallest absolute Gasteiger partial charge is 0.273 e. The molecule has 1 fully saturated rings. The minimum Gasteiger partial charge on any atom is -0.339 e. The topological polar surface area (TPSA) is 82.2 Å². The van der Waals surface area contributed by atoms with Crippen molar-refractivity contribution >= 4 is 17.7 Å². The molecule has 0 saturated carbocycles. The van der Waals surface area contributed by atoms with Gasteiger partial charge in [-0.25, -0.2) is 0 Å². The highest BCUT2D eigenvalue weighted by Gasteiger charge is 2.28. The van der Waals surface area contributed by atoms with Gasteiger partial charge in [0.2, 0.25) is 5.91 Å². The number of hydrogen-bond acceptors (Lipinski definition) is 6. The van der Waals surface area contributed by atoms with Gasteiger partial charge < -0.3 is 4.90 Å². The monoisotopic (exact) mass is 435 g/mol. The van der Waals surface area contributed by atoms with E-state index in [0.29, 0.717) is 23.9 Å². The van der Waals surface area contributed by atoms with Crippen LogP contribution in [0.2, 0.25) is 0 Å².